The van der Waals surface area contributed by atoms with Crippen LogP contribution >= 0.6 is 15.9 Å². The molecule has 0 atom stereocenters. The van der Waals surface area contributed by atoms with Gasteiger partial charge in [-0.05, 0) is 60.4 Å². The summed E-state index contributed by atoms with van der Waals surface area (Å²) >= 11 is 3.47. The van der Waals surface area contributed by atoms with Gasteiger partial charge in [0, 0.05) is 10.7 Å². The van der Waals surface area contributed by atoms with Gasteiger partial charge in [0.25, 0.3) is 0 Å². The van der Waals surface area contributed by atoms with Crippen molar-refractivity contribution in [3.63, 3.8) is 0 Å². The second-order valence-corrected chi connectivity index (χ2v) is 6.00. The predicted octanol–water partition coefficient (Wildman–Crippen LogP) is 2.93. The second-order valence-electron chi connectivity index (χ2n) is 5.14. The van der Waals surface area contributed by atoms with Gasteiger partial charge in [0.05, 0.1) is 5.41 Å². The Morgan fingerprint density at radius 1 is 1.40 bits per heavy atom. The SMILES string of the molecule is CCC1(c2nc(-c3ncccc3Br)no2)CCNCC1. The molecule has 1 aliphatic heterocycles. The molecule has 0 amide bonds. The average molecular weight is 337 g/mol. The van der Waals surface area contributed by atoms with E-state index < -0.39 is 0 Å². The summed E-state index contributed by atoms with van der Waals surface area (Å²) in [4.78, 5) is 8.92. The first-order valence-corrected chi connectivity index (χ1v) is 7.70. The molecule has 0 aromatic carbocycles. The van der Waals surface area contributed by atoms with Crippen LogP contribution < -0.4 is 5.32 Å². The summed E-state index contributed by atoms with van der Waals surface area (Å²) < 4.78 is 6.44. The molecule has 0 unspecified atom stereocenters. The molecule has 2 aromatic rings. The molecule has 0 saturated carbocycles. The molecule has 20 heavy (non-hydrogen) atoms. The molecule has 0 radical (unpaired) electrons. The molecule has 106 valence electrons. The quantitative estimate of drug-likeness (QED) is 0.933. The van der Waals surface area contributed by atoms with Crippen LogP contribution in [0.3, 0.4) is 0 Å². The topological polar surface area (TPSA) is 63.8 Å². The summed E-state index contributed by atoms with van der Waals surface area (Å²) in [6.07, 6.45) is 4.82. The Labute approximate surface area is 126 Å². The van der Waals surface area contributed by atoms with E-state index in [4.69, 9.17) is 4.52 Å². The van der Waals surface area contributed by atoms with E-state index in [0.717, 1.165) is 48.4 Å². The van der Waals surface area contributed by atoms with Crippen LogP contribution in [0.4, 0.5) is 0 Å². The number of hydrogen-bond donors (Lipinski definition) is 1. The molecule has 0 spiro atoms. The van der Waals surface area contributed by atoms with Gasteiger partial charge >= 0.3 is 0 Å². The van der Waals surface area contributed by atoms with Crippen LogP contribution in [-0.2, 0) is 5.41 Å². The Kier molecular flexibility index (Phi) is 3.85. The molecular formula is C14H17BrN4O. The molecular weight excluding hydrogens is 320 g/mol. The number of nitrogens with one attached hydrogen (secondary N) is 1. The van der Waals surface area contributed by atoms with Crippen molar-refractivity contribution in [1.29, 1.82) is 0 Å². The fourth-order valence-electron chi connectivity index (χ4n) is 2.71. The van der Waals surface area contributed by atoms with Gasteiger partial charge in [0.2, 0.25) is 11.7 Å². The predicted molar refractivity (Wildman–Crippen MR) is 79.3 cm³/mol. The molecule has 1 fully saturated rings. The first-order chi connectivity index (χ1) is 9.75. The highest BCUT2D eigenvalue weighted by atomic mass is 79.9. The lowest BCUT2D eigenvalue weighted by atomic mass is 9.76. The molecule has 2 aromatic heterocycles. The van der Waals surface area contributed by atoms with E-state index in [2.05, 4.69) is 43.3 Å². The fourth-order valence-corrected chi connectivity index (χ4v) is 3.14. The Morgan fingerprint density at radius 3 is 2.90 bits per heavy atom. The smallest absolute Gasteiger partial charge is 0.233 e. The summed E-state index contributed by atoms with van der Waals surface area (Å²) in [5.41, 5.74) is 0.736. The summed E-state index contributed by atoms with van der Waals surface area (Å²) in [5, 5.41) is 7.50. The Morgan fingerprint density at radius 2 is 2.20 bits per heavy atom. The third-order valence-electron chi connectivity index (χ3n) is 4.09. The van der Waals surface area contributed by atoms with Gasteiger partial charge in [-0.2, -0.15) is 4.98 Å². The molecule has 1 aliphatic rings. The maximum Gasteiger partial charge on any atom is 0.233 e. The number of pyridine rings is 1. The van der Waals surface area contributed by atoms with E-state index in [9.17, 15) is 0 Å². The zero-order chi connectivity index (χ0) is 14.0. The van der Waals surface area contributed by atoms with Crippen LogP contribution in [0.1, 0.15) is 32.1 Å². The molecule has 0 aliphatic carbocycles. The van der Waals surface area contributed by atoms with Gasteiger partial charge in [0.1, 0.15) is 5.69 Å². The molecule has 6 heteroatoms. The van der Waals surface area contributed by atoms with Crippen molar-refractivity contribution < 1.29 is 4.52 Å². The van der Waals surface area contributed by atoms with Crippen LogP contribution in [0.25, 0.3) is 11.5 Å². The van der Waals surface area contributed by atoms with Crippen molar-refractivity contribution in [3.8, 4) is 11.5 Å². The van der Waals surface area contributed by atoms with E-state index >= 15 is 0 Å². The van der Waals surface area contributed by atoms with Crippen molar-refractivity contribution in [2.24, 2.45) is 0 Å². The third kappa shape index (κ3) is 2.38. The molecule has 5 nitrogen and oxygen atoms in total. The molecule has 3 heterocycles. The number of piperidine rings is 1. The van der Waals surface area contributed by atoms with E-state index in [0.29, 0.717) is 5.82 Å². The second kappa shape index (κ2) is 5.61. The zero-order valence-electron chi connectivity index (χ0n) is 11.4. The van der Waals surface area contributed by atoms with Crippen molar-refractivity contribution in [3.05, 3.63) is 28.7 Å². The monoisotopic (exact) mass is 336 g/mol. The minimum Gasteiger partial charge on any atom is -0.338 e. The highest BCUT2D eigenvalue weighted by molar-refractivity contribution is 9.10. The van der Waals surface area contributed by atoms with Crippen molar-refractivity contribution in [1.82, 2.24) is 20.4 Å². The van der Waals surface area contributed by atoms with Gasteiger partial charge in [-0.1, -0.05) is 12.1 Å². The number of nitrogens with zero attached hydrogens (tertiary/aromatic N) is 3. The van der Waals surface area contributed by atoms with E-state index in [1.165, 1.54) is 0 Å². The third-order valence-corrected chi connectivity index (χ3v) is 4.73. The van der Waals surface area contributed by atoms with Crippen LogP contribution in [0.5, 0.6) is 0 Å². The summed E-state index contributed by atoms with van der Waals surface area (Å²) in [7, 11) is 0. The van der Waals surface area contributed by atoms with Crippen LogP contribution in [0.2, 0.25) is 0 Å². The van der Waals surface area contributed by atoms with E-state index in [-0.39, 0.29) is 5.41 Å². The van der Waals surface area contributed by atoms with E-state index in [1.807, 2.05) is 12.1 Å². The fraction of sp³-hybridized carbons (Fsp3) is 0.500. The molecule has 0 bridgehead atoms. The van der Waals surface area contributed by atoms with Gasteiger partial charge in [0.15, 0.2) is 0 Å². The first-order valence-electron chi connectivity index (χ1n) is 6.91. The van der Waals surface area contributed by atoms with Crippen LogP contribution in [0, 0.1) is 0 Å². The van der Waals surface area contributed by atoms with Crippen molar-refractivity contribution in [2.45, 2.75) is 31.6 Å². The molecule has 1 saturated heterocycles. The average Bonchev–Trinajstić information content (AvgIpc) is 2.98. The Hall–Kier alpha value is -1.27. The van der Waals surface area contributed by atoms with Crippen molar-refractivity contribution in [2.75, 3.05) is 13.1 Å². The van der Waals surface area contributed by atoms with E-state index in [1.54, 1.807) is 6.20 Å². The van der Waals surface area contributed by atoms with Crippen molar-refractivity contribution >= 4 is 15.9 Å². The van der Waals surface area contributed by atoms with Gasteiger partial charge < -0.3 is 9.84 Å². The van der Waals surface area contributed by atoms with Gasteiger partial charge in [-0.15, -0.1) is 0 Å². The number of aromatic nitrogens is 3. The minimum atomic E-state index is 0.0117. The van der Waals surface area contributed by atoms with Gasteiger partial charge in [-0.25, -0.2) is 0 Å². The summed E-state index contributed by atoms with van der Waals surface area (Å²) in [6, 6.07) is 3.80. The minimum absolute atomic E-state index is 0.0117. The Bertz CT molecular complexity index is 592. The maximum absolute atomic E-state index is 5.56. The highest BCUT2D eigenvalue weighted by Crippen LogP contribution is 2.36. The lowest BCUT2D eigenvalue weighted by Gasteiger charge is -2.33. The highest BCUT2D eigenvalue weighted by Gasteiger charge is 2.37. The maximum atomic E-state index is 5.56. The number of halogens is 1. The lowest BCUT2D eigenvalue weighted by Crippen LogP contribution is -2.39. The largest absolute Gasteiger partial charge is 0.338 e. The summed E-state index contributed by atoms with van der Waals surface area (Å²) in [5.74, 6) is 1.30. The number of rotatable bonds is 3. The zero-order valence-corrected chi connectivity index (χ0v) is 13.0. The molecule has 1 N–H and O–H groups in total. The first kappa shape index (κ1) is 13.7. The van der Waals surface area contributed by atoms with Crippen LogP contribution in [-0.4, -0.2) is 28.2 Å². The van der Waals surface area contributed by atoms with Crippen LogP contribution in [0.15, 0.2) is 27.3 Å². The molecule has 3 rings (SSSR count). The van der Waals surface area contributed by atoms with Gasteiger partial charge in [-0.3, -0.25) is 4.98 Å². The lowest BCUT2D eigenvalue weighted by molar-refractivity contribution is 0.216. The Balaban J connectivity index is 1.95. The number of hydrogen-bond acceptors (Lipinski definition) is 5. The standard InChI is InChI=1S/C14H17BrN4O/c1-2-14(5-8-16-9-6-14)13-18-12(19-20-13)11-10(15)4-3-7-17-11/h3-4,7,16H,2,5-6,8-9H2,1H3. The summed E-state index contributed by atoms with van der Waals surface area (Å²) in [6.45, 7) is 4.18. The normalized spacial score (nSPS) is 18.1.